The number of rotatable bonds is 1. The van der Waals surface area contributed by atoms with Gasteiger partial charge in [0.05, 0.1) is 30.1 Å². The molecule has 0 aliphatic heterocycles. The second-order valence-electron chi connectivity index (χ2n) is 3.63. The normalized spacial score (nSPS) is 10.8. The highest BCUT2D eigenvalue weighted by Gasteiger charge is 2.19. The third-order valence-electron chi connectivity index (χ3n) is 2.42. The molecule has 0 aliphatic carbocycles. The van der Waals surface area contributed by atoms with Crippen LogP contribution in [0.15, 0.2) is 18.2 Å². The van der Waals surface area contributed by atoms with Crippen LogP contribution in [-0.2, 0) is 0 Å². The summed E-state index contributed by atoms with van der Waals surface area (Å²) in [6.45, 7) is 0. The number of hydrogen-bond acceptors (Lipinski definition) is 1. The summed E-state index contributed by atoms with van der Waals surface area (Å²) in [5.74, 6) is -0.153. The molecule has 0 radical (unpaired) electrons. The molecule has 0 spiro atoms. The maximum Gasteiger partial charge on any atom is 0.126 e. The Morgan fingerprint density at radius 1 is 0.632 bits per heavy atom. The highest BCUT2D eigenvalue weighted by molar-refractivity contribution is 6.50. The topological polar surface area (TPSA) is 20.2 Å². The molecule has 2 aromatic carbocycles. The predicted molar refractivity (Wildman–Crippen MR) is 83.6 cm³/mol. The first-order valence-electron chi connectivity index (χ1n) is 4.84. The van der Waals surface area contributed by atoms with Crippen molar-refractivity contribution in [2.24, 2.45) is 0 Å². The van der Waals surface area contributed by atoms with Crippen molar-refractivity contribution in [3.63, 3.8) is 0 Å². The minimum Gasteiger partial charge on any atom is -0.507 e. The highest BCUT2D eigenvalue weighted by atomic mass is 35.5. The smallest absolute Gasteiger partial charge is 0.126 e. The van der Waals surface area contributed by atoms with E-state index >= 15 is 0 Å². The predicted octanol–water partition coefficient (Wildman–Crippen LogP) is 6.98. The molecule has 2 aromatic rings. The zero-order valence-corrected chi connectivity index (χ0v) is 13.5. The van der Waals surface area contributed by atoms with Crippen LogP contribution in [0.3, 0.4) is 0 Å². The molecule has 0 amide bonds. The Kier molecular flexibility index (Phi) is 4.67. The Bertz CT molecular complexity index is 668. The molecule has 1 N–H and O–H groups in total. The lowest BCUT2D eigenvalue weighted by atomic mass is 10.0. The average molecular weight is 377 g/mol. The summed E-state index contributed by atoms with van der Waals surface area (Å²) < 4.78 is 0. The molecule has 0 atom stereocenters. The summed E-state index contributed by atoms with van der Waals surface area (Å²) >= 11 is 35.7. The SMILES string of the molecule is Oc1cc(Cl)c(Cl)c(Cl)c1-c1cc(Cl)c(Cl)cc1Cl. The largest absolute Gasteiger partial charge is 0.507 e. The van der Waals surface area contributed by atoms with E-state index in [1.165, 1.54) is 18.2 Å². The number of halogens is 6. The first kappa shape index (κ1) is 15.4. The number of aromatic hydroxyl groups is 1. The second-order valence-corrected chi connectivity index (χ2v) is 6.01. The molecule has 0 aliphatic rings. The fourth-order valence-corrected chi connectivity index (χ4v) is 2.89. The first-order valence-corrected chi connectivity index (χ1v) is 7.11. The molecule has 0 aromatic heterocycles. The van der Waals surface area contributed by atoms with Crippen molar-refractivity contribution in [2.75, 3.05) is 0 Å². The molecule has 1 nitrogen and oxygen atoms in total. The van der Waals surface area contributed by atoms with Crippen molar-refractivity contribution in [1.82, 2.24) is 0 Å². The van der Waals surface area contributed by atoms with Gasteiger partial charge in [-0.25, -0.2) is 0 Å². The minimum absolute atomic E-state index is 0.0898. The van der Waals surface area contributed by atoms with Gasteiger partial charge in [0, 0.05) is 17.2 Å². The van der Waals surface area contributed by atoms with E-state index in [4.69, 9.17) is 69.6 Å². The Labute approximate surface area is 139 Å². The van der Waals surface area contributed by atoms with E-state index in [-0.39, 0.29) is 36.4 Å². The molecule has 0 saturated heterocycles. The molecular formula is C12H4Cl6O. The standard InChI is InChI=1S/C12H4Cl6O/c13-5-2-7(15)6(14)1-4(5)10-9(19)3-8(16)11(17)12(10)18/h1-3,19H. The molecular weight excluding hydrogens is 373 g/mol. The Balaban J connectivity index is 2.80. The molecule has 0 heterocycles. The van der Waals surface area contributed by atoms with Gasteiger partial charge in [0.2, 0.25) is 0 Å². The summed E-state index contributed by atoms with van der Waals surface area (Å²) in [7, 11) is 0. The Morgan fingerprint density at radius 2 is 1.21 bits per heavy atom. The summed E-state index contributed by atoms with van der Waals surface area (Å²) in [6, 6.07) is 4.24. The van der Waals surface area contributed by atoms with E-state index in [1.807, 2.05) is 0 Å². The van der Waals surface area contributed by atoms with Crippen molar-refractivity contribution in [2.45, 2.75) is 0 Å². The molecule has 19 heavy (non-hydrogen) atoms. The van der Waals surface area contributed by atoms with Crippen molar-refractivity contribution in [1.29, 1.82) is 0 Å². The van der Waals surface area contributed by atoms with Gasteiger partial charge in [0.15, 0.2) is 0 Å². The maximum atomic E-state index is 9.97. The van der Waals surface area contributed by atoms with Gasteiger partial charge < -0.3 is 5.11 Å². The molecule has 2 rings (SSSR count). The molecule has 0 unspecified atom stereocenters. The first-order chi connectivity index (χ1) is 8.82. The highest BCUT2D eigenvalue weighted by Crippen LogP contribution is 2.47. The van der Waals surface area contributed by atoms with Gasteiger partial charge in [-0.3, -0.25) is 0 Å². The molecule has 0 saturated carbocycles. The van der Waals surface area contributed by atoms with Crippen molar-refractivity contribution >= 4 is 69.6 Å². The van der Waals surface area contributed by atoms with E-state index in [2.05, 4.69) is 0 Å². The number of phenols is 1. The Hall–Kier alpha value is -0.0200. The summed E-state index contributed by atoms with van der Waals surface area (Å²) in [6.07, 6.45) is 0. The van der Waals surface area contributed by atoms with Crippen LogP contribution in [0.25, 0.3) is 11.1 Å². The minimum atomic E-state index is -0.153. The van der Waals surface area contributed by atoms with Gasteiger partial charge in [-0.1, -0.05) is 69.6 Å². The van der Waals surface area contributed by atoms with Gasteiger partial charge in [-0.05, 0) is 12.1 Å². The van der Waals surface area contributed by atoms with Crippen LogP contribution in [-0.4, -0.2) is 5.11 Å². The fourth-order valence-electron chi connectivity index (χ4n) is 1.55. The molecule has 100 valence electrons. The van der Waals surface area contributed by atoms with E-state index < -0.39 is 0 Å². The summed E-state index contributed by atoms with van der Waals surface area (Å²) in [5, 5.41) is 11.2. The van der Waals surface area contributed by atoms with Crippen molar-refractivity contribution < 1.29 is 5.11 Å². The average Bonchev–Trinajstić information content (AvgIpc) is 2.33. The van der Waals surface area contributed by atoms with Crippen LogP contribution >= 0.6 is 69.6 Å². The van der Waals surface area contributed by atoms with Crippen LogP contribution in [0.5, 0.6) is 5.75 Å². The Morgan fingerprint density at radius 3 is 1.84 bits per heavy atom. The van der Waals surface area contributed by atoms with Gasteiger partial charge >= 0.3 is 0 Å². The van der Waals surface area contributed by atoms with Gasteiger partial charge in [-0.15, -0.1) is 0 Å². The van der Waals surface area contributed by atoms with Crippen LogP contribution in [0.4, 0.5) is 0 Å². The maximum absolute atomic E-state index is 9.97. The lowest BCUT2D eigenvalue weighted by molar-refractivity contribution is 0.477. The lowest BCUT2D eigenvalue weighted by Gasteiger charge is -2.12. The third-order valence-corrected chi connectivity index (χ3v) is 4.72. The zero-order valence-electron chi connectivity index (χ0n) is 8.95. The molecule has 7 heteroatoms. The summed E-state index contributed by atoms with van der Waals surface area (Å²) in [4.78, 5) is 0. The second kappa shape index (κ2) is 5.77. The van der Waals surface area contributed by atoms with Gasteiger partial charge in [0.1, 0.15) is 5.75 Å². The number of benzene rings is 2. The third kappa shape index (κ3) is 2.87. The number of phenolic OH excluding ortho intramolecular Hbond substituents is 1. The van der Waals surface area contributed by atoms with Crippen molar-refractivity contribution in [3.8, 4) is 16.9 Å². The lowest BCUT2D eigenvalue weighted by Crippen LogP contribution is -1.86. The van der Waals surface area contributed by atoms with Crippen LogP contribution in [0.2, 0.25) is 30.1 Å². The molecule has 0 fully saturated rings. The van der Waals surface area contributed by atoms with Crippen molar-refractivity contribution in [3.05, 3.63) is 48.3 Å². The zero-order chi connectivity index (χ0) is 14.3. The van der Waals surface area contributed by atoms with E-state index in [9.17, 15) is 5.11 Å². The number of hydrogen-bond donors (Lipinski definition) is 1. The van der Waals surface area contributed by atoms with E-state index in [0.717, 1.165) is 0 Å². The monoisotopic (exact) mass is 374 g/mol. The van der Waals surface area contributed by atoms with Crippen LogP contribution < -0.4 is 0 Å². The summed E-state index contributed by atoms with van der Waals surface area (Å²) in [5.41, 5.74) is 0.664. The van der Waals surface area contributed by atoms with E-state index in [0.29, 0.717) is 10.6 Å². The quantitative estimate of drug-likeness (QED) is 0.420. The fraction of sp³-hybridized carbons (Fsp3) is 0. The van der Waals surface area contributed by atoms with Gasteiger partial charge in [-0.2, -0.15) is 0 Å². The molecule has 0 bridgehead atoms. The van der Waals surface area contributed by atoms with E-state index in [1.54, 1.807) is 0 Å². The van der Waals surface area contributed by atoms with Crippen LogP contribution in [0, 0.1) is 0 Å². The van der Waals surface area contributed by atoms with Crippen LogP contribution in [0.1, 0.15) is 0 Å². The van der Waals surface area contributed by atoms with Gasteiger partial charge in [0.25, 0.3) is 0 Å².